The Bertz CT molecular complexity index is 293. The van der Waals surface area contributed by atoms with Crippen LogP contribution in [0.3, 0.4) is 0 Å². The average Bonchev–Trinajstić information content (AvgIpc) is 2.62. The van der Waals surface area contributed by atoms with Crippen LogP contribution in [0.25, 0.3) is 0 Å². The number of aromatic nitrogens is 2. The van der Waals surface area contributed by atoms with Crippen LogP contribution in [0.2, 0.25) is 0 Å². The summed E-state index contributed by atoms with van der Waals surface area (Å²) in [7, 11) is 0. The van der Waals surface area contributed by atoms with Gasteiger partial charge in [0.05, 0.1) is 5.54 Å². The molecule has 1 aliphatic rings. The third-order valence-electron chi connectivity index (χ3n) is 2.56. The van der Waals surface area contributed by atoms with E-state index in [0.717, 1.165) is 17.8 Å². The molecule has 1 fully saturated rings. The Kier molecular flexibility index (Phi) is 1.45. The van der Waals surface area contributed by atoms with Gasteiger partial charge < -0.3 is 5.73 Å². The zero-order valence-electron chi connectivity index (χ0n) is 7.41. The highest BCUT2D eigenvalue weighted by molar-refractivity contribution is 5.19. The Balaban J connectivity index is 2.31. The Morgan fingerprint density at radius 3 is 2.42 bits per heavy atom. The first-order valence-electron chi connectivity index (χ1n) is 4.21. The van der Waals surface area contributed by atoms with E-state index in [-0.39, 0.29) is 5.54 Å². The molecular weight excluding hydrogens is 150 g/mol. The molecule has 3 heteroatoms. The third-order valence-corrected chi connectivity index (χ3v) is 2.56. The maximum absolute atomic E-state index is 6.04. The summed E-state index contributed by atoms with van der Waals surface area (Å²) in [5.74, 6) is 1.32. The lowest BCUT2D eigenvalue weighted by molar-refractivity contribution is 0.613. The van der Waals surface area contributed by atoms with E-state index in [1.165, 1.54) is 0 Å². The SMILES string of the molecule is Cc1cnc(C2(N)CC2C)nc1. The highest BCUT2D eigenvalue weighted by Crippen LogP contribution is 2.47. The van der Waals surface area contributed by atoms with Crippen molar-refractivity contribution in [3.05, 3.63) is 23.8 Å². The fraction of sp³-hybridized carbons (Fsp3) is 0.556. The van der Waals surface area contributed by atoms with Gasteiger partial charge >= 0.3 is 0 Å². The zero-order chi connectivity index (χ0) is 8.77. The van der Waals surface area contributed by atoms with Gasteiger partial charge in [-0.05, 0) is 24.8 Å². The Morgan fingerprint density at radius 2 is 2.00 bits per heavy atom. The van der Waals surface area contributed by atoms with Gasteiger partial charge in [-0.2, -0.15) is 0 Å². The summed E-state index contributed by atoms with van der Waals surface area (Å²) in [6.07, 6.45) is 4.65. The molecule has 1 heterocycles. The lowest BCUT2D eigenvalue weighted by Crippen LogP contribution is -2.24. The van der Waals surface area contributed by atoms with Gasteiger partial charge in [0.1, 0.15) is 5.82 Å². The topological polar surface area (TPSA) is 51.8 Å². The molecule has 3 nitrogen and oxygen atoms in total. The van der Waals surface area contributed by atoms with Crippen LogP contribution in [0.15, 0.2) is 12.4 Å². The fourth-order valence-corrected chi connectivity index (χ4v) is 1.39. The van der Waals surface area contributed by atoms with Crippen molar-refractivity contribution < 1.29 is 0 Å². The largest absolute Gasteiger partial charge is 0.319 e. The second-order valence-electron chi connectivity index (χ2n) is 3.73. The van der Waals surface area contributed by atoms with Crippen LogP contribution in [0, 0.1) is 12.8 Å². The van der Waals surface area contributed by atoms with Gasteiger partial charge in [0.25, 0.3) is 0 Å². The molecule has 2 rings (SSSR count). The minimum atomic E-state index is -0.228. The van der Waals surface area contributed by atoms with E-state index < -0.39 is 0 Å². The molecule has 1 saturated carbocycles. The summed E-state index contributed by atoms with van der Waals surface area (Å²) in [6, 6.07) is 0. The second-order valence-corrected chi connectivity index (χ2v) is 3.73. The summed E-state index contributed by atoms with van der Waals surface area (Å²) >= 11 is 0. The standard InChI is InChI=1S/C9H13N3/c1-6-4-11-8(12-5-6)9(10)3-7(9)2/h4-5,7H,3,10H2,1-2H3. The van der Waals surface area contributed by atoms with Crippen LogP contribution in [0.4, 0.5) is 0 Å². The smallest absolute Gasteiger partial charge is 0.148 e. The molecule has 1 aliphatic carbocycles. The predicted molar refractivity (Wildman–Crippen MR) is 46.4 cm³/mol. The van der Waals surface area contributed by atoms with E-state index in [1.54, 1.807) is 0 Å². The van der Waals surface area contributed by atoms with Crippen LogP contribution >= 0.6 is 0 Å². The minimum Gasteiger partial charge on any atom is -0.319 e. The lowest BCUT2D eigenvalue weighted by Gasteiger charge is -2.07. The molecule has 0 radical (unpaired) electrons. The van der Waals surface area contributed by atoms with Crippen LogP contribution < -0.4 is 5.73 Å². The number of nitrogens with zero attached hydrogens (tertiary/aromatic N) is 2. The first-order chi connectivity index (χ1) is 5.63. The quantitative estimate of drug-likeness (QED) is 0.671. The van der Waals surface area contributed by atoms with Crippen molar-refractivity contribution in [1.82, 2.24) is 9.97 Å². The Morgan fingerprint density at radius 1 is 1.50 bits per heavy atom. The average molecular weight is 163 g/mol. The van der Waals surface area contributed by atoms with Crippen molar-refractivity contribution in [2.24, 2.45) is 11.7 Å². The van der Waals surface area contributed by atoms with E-state index in [1.807, 2.05) is 19.3 Å². The Labute approximate surface area is 72.0 Å². The highest BCUT2D eigenvalue weighted by Gasteiger charge is 2.51. The monoisotopic (exact) mass is 163 g/mol. The molecule has 0 amide bonds. The van der Waals surface area contributed by atoms with Crippen LogP contribution in [-0.4, -0.2) is 9.97 Å². The predicted octanol–water partition coefficient (Wildman–Crippen LogP) is 0.979. The van der Waals surface area contributed by atoms with Gasteiger partial charge in [0.2, 0.25) is 0 Å². The summed E-state index contributed by atoms with van der Waals surface area (Å²) in [5.41, 5.74) is 6.89. The van der Waals surface area contributed by atoms with Gasteiger partial charge in [0.15, 0.2) is 0 Å². The molecular formula is C9H13N3. The zero-order valence-corrected chi connectivity index (χ0v) is 7.41. The van der Waals surface area contributed by atoms with Crippen molar-refractivity contribution in [1.29, 1.82) is 0 Å². The van der Waals surface area contributed by atoms with E-state index in [2.05, 4.69) is 16.9 Å². The van der Waals surface area contributed by atoms with Crippen LogP contribution in [0.5, 0.6) is 0 Å². The fourth-order valence-electron chi connectivity index (χ4n) is 1.39. The number of hydrogen-bond acceptors (Lipinski definition) is 3. The number of nitrogens with two attached hydrogens (primary N) is 1. The van der Waals surface area contributed by atoms with E-state index in [0.29, 0.717) is 5.92 Å². The van der Waals surface area contributed by atoms with Gasteiger partial charge in [-0.1, -0.05) is 6.92 Å². The maximum atomic E-state index is 6.04. The summed E-state index contributed by atoms with van der Waals surface area (Å²) in [5, 5.41) is 0. The number of rotatable bonds is 1. The van der Waals surface area contributed by atoms with Crippen molar-refractivity contribution in [3.8, 4) is 0 Å². The molecule has 2 atom stereocenters. The number of hydrogen-bond donors (Lipinski definition) is 1. The molecule has 1 aromatic heterocycles. The van der Waals surface area contributed by atoms with Gasteiger partial charge in [-0.25, -0.2) is 9.97 Å². The molecule has 2 N–H and O–H groups in total. The van der Waals surface area contributed by atoms with E-state index >= 15 is 0 Å². The van der Waals surface area contributed by atoms with E-state index in [4.69, 9.17) is 5.73 Å². The van der Waals surface area contributed by atoms with Gasteiger partial charge in [0, 0.05) is 12.4 Å². The molecule has 2 unspecified atom stereocenters. The molecule has 0 aromatic carbocycles. The molecule has 0 saturated heterocycles. The molecule has 0 aliphatic heterocycles. The lowest BCUT2D eigenvalue weighted by atomic mass is 10.2. The normalized spacial score (nSPS) is 33.4. The van der Waals surface area contributed by atoms with E-state index in [9.17, 15) is 0 Å². The van der Waals surface area contributed by atoms with Crippen LogP contribution in [0.1, 0.15) is 24.7 Å². The maximum Gasteiger partial charge on any atom is 0.148 e. The third kappa shape index (κ3) is 1.01. The van der Waals surface area contributed by atoms with Crippen molar-refractivity contribution in [3.63, 3.8) is 0 Å². The summed E-state index contributed by atoms with van der Waals surface area (Å²) in [4.78, 5) is 8.45. The van der Waals surface area contributed by atoms with Crippen molar-refractivity contribution in [2.75, 3.05) is 0 Å². The molecule has 12 heavy (non-hydrogen) atoms. The Hall–Kier alpha value is -0.960. The minimum absolute atomic E-state index is 0.228. The molecule has 64 valence electrons. The summed E-state index contributed by atoms with van der Waals surface area (Å²) in [6.45, 7) is 4.10. The molecule has 0 spiro atoms. The first-order valence-corrected chi connectivity index (χ1v) is 4.21. The molecule has 1 aromatic rings. The van der Waals surface area contributed by atoms with Crippen LogP contribution in [-0.2, 0) is 5.54 Å². The van der Waals surface area contributed by atoms with Crippen molar-refractivity contribution >= 4 is 0 Å². The number of aryl methyl sites for hydroxylation is 1. The second kappa shape index (κ2) is 2.26. The first kappa shape index (κ1) is 7.68. The van der Waals surface area contributed by atoms with Gasteiger partial charge in [-0.3, -0.25) is 0 Å². The highest BCUT2D eigenvalue weighted by atomic mass is 15.0. The molecule has 0 bridgehead atoms. The summed E-state index contributed by atoms with van der Waals surface area (Å²) < 4.78 is 0. The van der Waals surface area contributed by atoms with Gasteiger partial charge in [-0.15, -0.1) is 0 Å². The van der Waals surface area contributed by atoms with Crippen molar-refractivity contribution in [2.45, 2.75) is 25.8 Å².